The average Bonchev–Trinajstić information content (AvgIpc) is 2.83. The Balaban J connectivity index is 1.61. The van der Waals surface area contributed by atoms with E-state index in [2.05, 4.69) is 10.3 Å². The standard InChI is InChI=1S/C15H16N4O/c20-15(18-9-4-10-18)8-7-14-12-19(17-16-14)11-13-5-2-1-3-6-13/h1-3,5-8,12H,4,9-11H2/b8-7+. The Hall–Kier alpha value is -2.43. The van der Waals surface area contributed by atoms with Crippen molar-refractivity contribution in [3.8, 4) is 0 Å². The largest absolute Gasteiger partial charge is 0.339 e. The van der Waals surface area contributed by atoms with Crippen molar-refractivity contribution in [1.82, 2.24) is 19.9 Å². The summed E-state index contributed by atoms with van der Waals surface area (Å²) in [6.45, 7) is 2.41. The number of hydrogen-bond donors (Lipinski definition) is 0. The molecule has 0 spiro atoms. The van der Waals surface area contributed by atoms with Gasteiger partial charge in [0.05, 0.1) is 12.7 Å². The lowest BCUT2D eigenvalue weighted by Gasteiger charge is -2.29. The van der Waals surface area contributed by atoms with Crippen LogP contribution in [0.5, 0.6) is 0 Å². The molecular formula is C15H16N4O. The van der Waals surface area contributed by atoms with Crippen molar-refractivity contribution in [2.24, 2.45) is 0 Å². The van der Waals surface area contributed by atoms with Crippen LogP contribution in [0.25, 0.3) is 6.08 Å². The number of aromatic nitrogens is 3. The van der Waals surface area contributed by atoms with Crippen molar-refractivity contribution < 1.29 is 4.79 Å². The first-order valence-electron chi connectivity index (χ1n) is 6.72. The van der Waals surface area contributed by atoms with Crippen molar-refractivity contribution >= 4 is 12.0 Å². The Labute approximate surface area is 117 Å². The summed E-state index contributed by atoms with van der Waals surface area (Å²) in [5.41, 5.74) is 1.87. The zero-order chi connectivity index (χ0) is 13.8. The molecular weight excluding hydrogens is 252 g/mol. The van der Waals surface area contributed by atoms with Crippen LogP contribution in [-0.2, 0) is 11.3 Å². The molecule has 1 saturated heterocycles. The molecule has 1 aliphatic heterocycles. The van der Waals surface area contributed by atoms with Crippen molar-refractivity contribution in [2.75, 3.05) is 13.1 Å². The molecule has 0 aliphatic carbocycles. The number of carbonyl (C=O) groups excluding carboxylic acids is 1. The van der Waals surface area contributed by atoms with E-state index >= 15 is 0 Å². The highest BCUT2D eigenvalue weighted by Gasteiger charge is 2.17. The van der Waals surface area contributed by atoms with Gasteiger partial charge in [-0.1, -0.05) is 35.5 Å². The van der Waals surface area contributed by atoms with E-state index in [9.17, 15) is 4.79 Å². The second kappa shape index (κ2) is 5.69. The molecule has 0 N–H and O–H groups in total. The van der Waals surface area contributed by atoms with Gasteiger partial charge in [-0.15, -0.1) is 5.10 Å². The lowest BCUT2D eigenvalue weighted by molar-refractivity contribution is -0.129. The van der Waals surface area contributed by atoms with Crippen LogP contribution in [0, 0.1) is 0 Å². The first kappa shape index (κ1) is 12.6. The topological polar surface area (TPSA) is 51.0 Å². The molecule has 1 fully saturated rings. The fourth-order valence-corrected chi connectivity index (χ4v) is 2.04. The van der Waals surface area contributed by atoms with E-state index in [1.165, 1.54) is 5.56 Å². The van der Waals surface area contributed by atoms with E-state index in [4.69, 9.17) is 0 Å². The fraction of sp³-hybridized carbons (Fsp3) is 0.267. The number of hydrogen-bond acceptors (Lipinski definition) is 3. The van der Waals surface area contributed by atoms with Gasteiger partial charge in [0.1, 0.15) is 5.69 Å². The summed E-state index contributed by atoms with van der Waals surface area (Å²) in [5, 5.41) is 8.10. The third-order valence-corrected chi connectivity index (χ3v) is 3.31. The molecule has 1 amide bonds. The third-order valence-electron chi connectivity index (χ3n) is 3.31. The molecule has 1 aromatic carbocycles. The molecule has 2 heterocycles. The first-order chi connectivity index (χ1) is 9.81. The predicted octanol–water partition coefficient (Wildman–Crippen LogP) is 1.57. The maximum absolute atomic E-state index is 11.7. The maximum Gasteiger partial charge on any atom is 0.246 e. The minimum atomic E-state index is 0.0499. The molecule has 20 heavy (non-hydrogen) atoms. The van der Waals surface area contributed by atoms with E-state index < -0.39 is 0 Å². The van der Waals surface area contributed by atoms with Crippen LogP contribution < -0.4 is 0 Å². The fourth-order valence-electron chi connectivity index (χ4n) is 2.04. The van der Waals surface area contributed by atoms with Gasteiger partial charge in [-0.3, -0.25) is 4.79 Å². The smallest absolute Gasteiger partial charge is 0.246 e. The molecule has 1 aliphatic rings. The van der Waals surface area contributed by atoms with E-state index in [1.807, 2.05) is 41.4 Å². The highest BCUT2D eigenvalue weighted by atomic mass is 16.2. The Morgan fingerprint density at radius 3 is 2.75 bits per heavy atom. The molecule has 3 rings (SSSR count). The normalized spacial score (nSPS) is 14.5. The maximum atomic E-state index is 11.7. The van der Waals surface area contributed by atoms with Crippen LogP contribution in [0.4, 0.5) is 0 Å². The number of benzene rings is 1. The van der Waals surface area contributed by atoms with Crippen LogP contribution in [0.2, 0.25) is 0 Å². The van der Waals surface area contributed by atoms with Crippen molar-refractivity contribution in [3.63, 3.8) is 0 Å². The van der Waals surface area contributed by atoms with Crippen LogP contribution in [0.1, 0.15) is 17.7 Å². The molecule has 0 radical (unpaired) electrons. The average molecular weight is 268 g/mol. The van der Waals surface area contributed by atoms with Gasteiger partial charge in [0.15, 0.2) is 0 Å². The molecule has 0 atom stereocenters. The minimum Gasteiger partial charge on any atom is -0.339 e. The summed E-state index contributed by atoms with van der Waals surface area (Å²) < 4.78 is 1.77. The number of likely N-dealkylation sites (tertiary alicyclic amines) is 1. The van der Waals surface area contributed by atoms with Gasteiger partial charge >= 0.3 is 0 Å². The van der Waals surface area contributed by atoms with Gasteiger partial charge < -0.3 is 4.90 Å². The molecule has 0 unspecified atom stereocenters. The highest BCUT2D eigenvalue weighted by molar-refractivity contribution is 5.91. The molecule has 5 heteroatoms. The van der Waals surface area contributed by atoms with Crippen LogP contribution >= 0.6 is 0 Å². The summed E-state index contributed by atoms with van der Waals surface area (Å²) in [6, 6.07) is 10.1. The van der Waals surface area contributed by atoms with Gasteiger partial charge in [-0.2, -0.15) is 0 Å². The monoisotopic (exact) mass is 268 g/mol. The summed E-state index contributed by atoms with van der Waals surface area (Å²) in [7, 11) is 0. The second-order valence-corrected chi connectivity index (χ2v) is 4.84. The van der Waals surface area contributed by atoms with E-state index in [0.717, 1.165) is 19.5 Å². The van der Waals surface area contributed by atoms with E-state index in [1.54, 1.807) is 16.8 Å². The quantitative estimate of drug-likeness (QED) is 0.791. The highest BCUT2D eigenvalue weighted by Crippen LogP contribution is 2.08. The van der Waals surface area contributed by atoms with E-state index in [-0.39, 0.29) is 5.91 Å². The zero-order valence-corrected chi connectivity index (χ0v) is 11.1. The molecule has 1 aromatic heterocycles. The van der Waals surface area contributed by atoms with Gasteiger partial charge in [0, 0.05) is 19.2 Å². The Morgan fingerprint density at radius 2 is 2.05 bits per heavy atom. The van der Waals surface area contributed by atoms with Crippen LogP contribution in [-0.4, -0.2) is 38.9 Å². The first-order valence-corrected chi connectivity index (χ1v) is 6.72. The zero-order valence-electron chi connectivity index (χ0n) is 11.1. The molecule has 5 nitrogen and oxygen atoms in total. The van der Waals surface area contributed by atoms with Crippen LogP contribution in [0.15, 0.2) is 42.6 Å². The molecule has 2 aromatic rings. The van der Waals surface area contributed by atoms with Gasteiger partial charge in [0.25, 0.3) is 0 Å². The Kier molecular flexibility index (Phi) is 3.58. The van der Waals surface area contributed by atoms with Crippen molar-refractivity contribution in [2.45, 2.75) is 13.0 Å². The molecule has 0 bridgehead atoms. The van der Waals surface area contributed by atoms with Gasteiger partial charge in [-0.25, -0.2) is 4.68 Å². The molecule has 102 valence electrons. The van der Waals surface area contributed by atoms with Crippen molar-refractivity contribution in [3.05, 3.63) is 53.9 Å². The number of nitrogens with zero attached hydrogens (tertiary/aromatic N) is 4. The summed E-state index contributed by atoms with van der Waals surface area (Å²) >= 11 is 0. The lowest BCUT2D eigenvalue weighted by Crippen LogP contribution is -2.40. The molecule has 0 saturated carbocycles. The summed E-state index contributed by atoms with van der Waals surface area (Å²) in [5.74, 6) is 0.0499. The summed E-state index contributed by atoms with van der Waals surface area (Å²) in [4.78, 5) is 13.5. The number of amides is 1. The predicted molar refractivity (Wildman–Crippen MR) is 75.8 cm³/mol. The SMILES string of the molecule is O=C(/C=C/c1cn(Cc2ccccc2)nn1)N1CCC1. The Bertz CT molecular complexity index is 614. The van der Waals surface area contributed by atoms with Crippen molar-refractivity contribution in [1.29, 1.82) is 0 Å². The number of carbonyl (C=O) groups is 1. The lowest BCUT2D eigenvalue weighted by atomic mass is 10.2. The summed E-state index contributed by atoms with van der Waals surface area (Å²) in [6.07, 6.45) is 6.23. The minimum absolute atomic E-state index is 0.0499. The Morgan fingerprint density at radius 1 is 1.25 bits per heavy atom. The van der Waals surface area contributed by atoms with E-state index in [0.29, 0.717) is 12.2 Å². The number of rotatable bonds is 4. The van der Waals surface area contributed by atoms with Gasteiger partial charge in [-0.05, 0) is 18.1 Å². The second-order valence-electron chi connectivity index (χ2n) is 4.84. The van der Waals surface area contributed by atoms with Crippen LogP contribution in [0.3, 0.4) is 0 Å². The van der Waals surface area contributed by atoms with Gasteiger partial charge in [0.2, 0.25) is 5.91 Å². The third kappa shape index (κ3) is 2.93.